The van der Waals surface area contributed by atoms with Gasteiger partial charge in [-0.2, -0.15) is 0 Å². The third kappa shape index (κ3) is 5.56. The Bertz CT molecular complexity index is 1090. The van der Waals surface area contributed by atoms with Gasteiger partial charge >= 0.3 is 0 Å². The van der Waals surface area contributed by atoms with E-state index in [4.69, 9.17) is 14.5 Å². The molecule has 7 nitrogen and oxygen atoms in total. The van der Waals surface area contributed by atoms with Crippen molar-refractivity contribution in [3.63, 3.8) is 0 Å². The fourth-order valence-electron chi connectivity index (χ4n) is 4.46. The minimum Gasteiger partial charge on any atom is -0.351 e. The van der Waals surface area contributed by atoms with E-state index in [0.29, 0.717) is 45.0 Å². The maximum Gasteiger partial charge on any atom is 0.223 e. The number of hydrogen-bond acceptors (Lipinski definition) is 5. The highest BCUT2D eigenvalue weighted by Gasteiger charge is 2.28. The third-order valence-corrected chi connectivity index (χ3v) is 6.22. The van der Waals surface area contributed by atoms with Crippen molar-refractivity contribution in [3.05, 3.63) is 59.9 Å². The summed E-state index contributed by atoms with van der Waals surface area (Å²) in [5.74, 6) is 0.559. The van der Waals surface area contributed by atoms with E-state index < -0.39 is 6.29 Å². The molecule has 0 unspecified atom stereocenters. The number of fused-ring (bicyclic) bond motifs is 1. The van der Waals surface area contributed by atoms with Crippen molar-refractivity contribution in [1.82, 2.24) is 14.9 Å². The quantitative estimate of drug-likeness (QED) is 0.456. The van der Waals surface area contributed by atoms with Gasteiger partial charge in [-0.05, 0) is 44.9 Å². The van der Waals surface area contributed by atoms with Crippen LogP contribution in [0.25, 0.3) is 11.0 Å². The van der Waals surface area contributed by atoms with Gasteiger partial charge in [-0.3, -0.25) is 4.79 Å². The van der Waals surface area contributed by atoms with Crippen LogP contribution >= 0.6 is 0 Å². The van der Waals surface area contributed by atoms with Crippen LogP contribution in [0.4, 0.5) is 10.3 Å². The van der Waals surface area contributed by atoms with Crippen LogP contribution in [0, 0.1) is 11.7 Å². The summed E-state index contributed by atoms with van der Waals surface area (Å²) in [5.41, 5.74) is 2.48. The number of carbonyl (C=O) groups excluding carboxylic acids is 1. The molecule has 0 atom stereocenters. The lowest BCUT2D eigenvalue weighted by Crippen LogP contribution is -2.44. The minimum absolute atomic E-state index is 0.0314. The monoisotopic (exact) mass is 468 g/mol. The van der Waals surface area contributed by atoms with Gasteiger partial charge in [0.05, 0.1) is 24.1 Å². The molecule has 34 heavy (non-hydrogen) atoms. The fourth-order valence-corrected chi connectivity index (χ4v) is 4.46. The molecule has 1 saturated heterocycles. The smallest absolute Gasteiger partial charge is 0.223 e. The van der Waals surface area contributed by atoms with E-state index in [1.807, 2.05) is 50.2 Å². The molecule has 1 amide bonds. The van der Waals surface area contributed by atoms with Gasteiger partial charge in [-0.1, -0.05) is 30.3 Å². The number of amides is 1. The summed E-state index contributed by atoms with van der Waals surface area (Å²) in [6, 6.07) is 14.8. The lowest BCUT2D eigenvalue weighted by molar-refractivity contribution is -0.142. The van der Waals surface area contributed by atoms with Crippen LogP contribution in [0.5, 0.6) is 0 Å². The minimum atomic E-state index is -0.419. The van der Waals surface area contributed by atoms with Gasteiger partial charge in [0.2, 0.25) is 11.9 Å². The summed E-state index contributed by atoms with van der Waals surface area (Å²) < 4.78 is 27.5. The van der Waals surface area contributed by atoms with Gasteiger partial charge in [0.25, 0.3) is 0 Å². The van der Waals surface area contributed by atoms with Crippen molar-refractivity contribution >= 4 is 22.9 Å². The van der Waals surface area contributed by atoms with Crippen LogP contribution in [0.3, 0.4) is 0 Å². The molecule has 2 aromatic carbocycles. The number of aromatic nitrogens is 2. The van der Waals surface area contributed by atoms with Crippen LogP contribution < -0.4 is 10.2 Å². The zero-order valence-corrected chi connectivity index (χ0v) is 19.9. The molecule has 1 fully saturated rings. The Morgan fingerprint density at radius 3 is 2.47 bits per heavy atom. The predicted octanol–water partition coefficient (Wildman–Crippen LogP) is 3.96. The summed E-state index contributed by atoms with van der Waals surface area (Å²) >= 11 is 0. The normalized spacial score (nSPS) is 14.8. The number of carbonyl (C=O) groups is 1. The molecule has 1 aliphatic heterocycles. The van der Waals surface area contributed by atoms with Crippen molar-refractivity contribution in [2.24, 2.45) is 5.92 Å². The number of imidazole rings is 1. The Kier molecular flexibility index (Phi) is 8.13. The molecule has 8 heteroatoms. The zero-order chi connectivity index (χ0) is 23.9. The van der Waals surface area contributed by atoms with E-state index >= 15 is 0 Å². The Hall–Kier alpha value is -2.97. The molecule has 0 aliphatic carbocycles. The molecule has 0 radical (unpaired) electrons. The number of para-hydroxylation sites is 2. The Morgan fingerprint density at radius 1 is 1.09 bits per heavy atom. The molecule has 0 spiro atoms. The van der Waals surface area contributed by atoms with E-state index in [-0.39, 0.29) is 17.6 Å². The molecular weight excluding hydrogens is 435 g/mol. The van der Waals surface area contributed by atoms with Gasteiger partial charge in [0.15, 0.2) is 6.29 Å². The van der Waals surface area contributed by atoms with E-state index in [9.17, 15) is 9.18 Å². The van der Waals surface area contributed by atoms with Crippen LogP contribution in [-0.2, 0) is 20.8 Å². The molecule has 1 aromatic heterocycles. The average molecular weight is 469 g/mol. The Labute approximate surface area is 199 Å². The lowest BCUT2D eigenvalue weighted by Gasteiger charge is -2.32. The van der Waals surface area contributed by atoms with E-state index in [2.05, 4.69) is 14.8 Å². The first-order chi connectivity index (χ1) is 16.6. The number of piperidine rings is 1. The molecule has 182 valence electrons. The first kappa shape index (κ1) is 24.2. The number of anilines is 1. The summed E-state index contributed by atoms with van der Waals surface area (Å²) in [6.45, 7) is 7.04. The van der Waals surface area contributed by atoms with Gasteiger partial charge < -0.3 is 24.3 Å². The fraction of sp³-hybridized carbons (Fsp3) is 0.462. The standard InChI is InChI=1S/C26H33FN4O3/c1-3-33-24(34-4-2)17-28-25(32)19-13-15-30(16-14-19)26-29-22-11-7-8-12-23(22)31(26)18-20-9-5-6-10-21(20)27/h5-12,19,24H,3-4,13-18H2,1-2H3,(H,28,32). The van der Waals surface area contributed by atoms with Crippen molar-refractivity contribution in [2.45, 2.75) is 39.5 Å². The Balaban J connectivity index is 1.44. The second kappa shape index (κ2) is 11.4. The van der Waals surface area contributed by atoms with E-state index in [1.165, 1.54) is 6.07 Å². The molecule has 0 bridgehead atoms. The number of halogens is 1. The lowest BCUT2D eigenvalue weighted by atomic mass is 9.96. The van der Waals surface area contributed by atoms with Crippen LogP contribution in [0.2, 0.25) is 0 Å². The zero-order valence-electron chi connectivity index (χ0n) is 19.9. The highest BCUT2D eigenvalue weighted by molar-refractivity contribution is 5.80. The largest absolute Gasteiger partial charge is 0.351 e. The van der Waals surface area contributed by atoms with Gasteiger partial charge in [0, 0.05) is 37.8 Å². The number of hydrogen-bond donors (Lipinski definition) is 1. The molecule has 1 N–H and O–H groups in total. The highest BCUT2D eigenvalue weighted by atomic mass is 19.1. The number of rotatable bonds is 10. The molecule has 4 rings (SSSR count). The SMILES string of the molecule is CCOC(CNC(=O)C1CCN(c2nc3ccccc3n2Cc2ccccc2F)CC1)OCC. The van der Waals surface area contributed by atoms with Gasteiger partial charge in [-0.15, -0.1) is 0 Å². The Morgan fingerprint density at radius 2 is 1.76 bits per heavy atom. The third-order valence-electron chi connectivity index (χ3n) is 6.22. The molecule has 3 aromatic rings. The average Bonchev–Trinajstić information content (AvgIpc) is 3.22. The van der Waals surface area contributed by atoms with Crippen LogP contribution in [0.15, 0.2) is 48.5 Å². The van der Waals surface area contributed by atoms with Crippen molar-refractivity contribution in [3.8, 4) is 0 Å². The second-order valence-corrected chi connectivity index (χ2v) is 8.42. The van der Waals surface area contributed by atoms with Crippen molar-refractivity contribution < 1.29 is 18.7 Å². The van der Waals surface area contributed by atoms with Crippen LogP contribution in [0.1, 0.15) is 32.3 Å². The van der Waals surface area contributed by atoms with Crippen molar-refractivity contribution in [2.75, 3.05) is 37.7 Å². The van der Waals surface area contributed by atoms with E-state index in [0.717, 1.165) is 29.8 Å². The topological polar surface area (TPSA) is 68.6 Å². The van der Waals surface area contributed by atoms with Crippen molar-refractivity contribution in [1.29, 1.82) is 0 Å². The molecular formula is C26H33FN4O3. The maximum atomic E-state index is 14.4. The summed E-state index contributed by atoms with van der Waals surface area (Å²) in [5, 5.41) is 2.98. The number of nitrogens with one attached hydrogen (secondary N) is 1. The summed E-state index contributed by atoms with van der Waals surface area (Å²) in [7, 11) is 0. The number of nitrogens with zero attached hydrogens (tertiary/aromatic N) is 3. The molecule has 0 saturated carbocycles. The summed E-state index contributed by atoms with van der Waals surface area (Å²) in [6.07, 6.45) is 1.03. The van der Waals surface area contributed by atoms with Gasteiger partial charge in [-0.25, -0.2) is 9.37 Å². The number of benzene rings is 2. The first-order valence-corrected chi connectivity index (χ1v) is 12.0. The predicted molar refractivity (Wildman–Crippen MR) is 130 cm³/mol. The van der Waals surface area contributed by atoms with Crippen LogP contribution in [-0.4, -0.2) is 54.6 Å². The first-order valence-electron chi connectivity index (χ1n) is 12.0. The second-order valence-electron chi connectivity index (χ2n) is 8.42. The van der Waals surface area contributed by atoms with Gasteiger partial charge in [0.1, 0.15) is 5.82 Å². The molecule has 2 heterocycles. The highest BCUT2D eigenvalue weighted by Crippen LogP contribution is 2.28. The summed E-state index contributed by atoms with van der Waals surface area (Å²) in [4.78, 5) is 19.8. The maximum absolute atomic E-state index is 14.4. The molecule has 1 aliphatic rings. The van der Waals surface area contributed by atoms with E-state index in [1.54, 1.807) is 6.07 Å². The number of ether oxygens (including phenoxy) is 2.